The third-order valence-corrected chi connectivity index (χ3v) is 3.05. The third kappa shape index (κ3) is 1.85. The van der Waals surface area contributed by atoms with Crippen LogP contribution in [0.3, 0.4) is 0 Å². The summed E-state index contributed by atoms with van der Waals surface area (Å²) in [6.07, 6.45) is 4.14. The van der Waals surface area contributed by atoms with Crippen molar-refractivity contribution in [2.24, 2.45) is 0 Å². The number of nitrogens with zero attached hydrogens (tertiary/aromatic N) is 5. The van der Waals surface area contributed by atoms with Gasteiger partial charge in [0.15, 0.2) is 11.5 Å². The highest BCUT2D eigenvalue weighted by molar-refractivity contribution is 9.10. The lowest BCUT2D eigenvalue weighted by atomic mass is 10.2. The van der Waals surface area contributed by atoms with Gasteiger partial charge in [0.25, 0.3) is 0 Å². The summed E-state index contributed by atoms with van der Waals surface area (Å²) >= 11 is 9.28. The molecule has 0 spiro atoms. The molecule has 0 aromatic carbocycles. The first-order chi connectivity index (χ1) is 8.65. The molecular formula is C10H4BrClFN5. The third-order valence-electron chi connectivity index (χ3n) is 2.25. The topological polar surface area (TPSA) is 56.0 Å². The predicted molar refractivity (Wildman–Crippen MR) is 66.7 cm³/mol. The first kappa shape index (κ1) is 11.5. The largest absolute Gasteiger partial charge is 0.261 e. The summed E-state index contributed by atoms with van der Waals surface area (Å²) in [5, 5.41) is 4.14. The van der Waals surface area contributed by atoms with Crippen LogP contribution in [0.1, 0.15) is 0 Å². The van der Waals surface area contributed by atoms with Crippen molar-refractivity contribution in [2.75, 3.05) is 0 Å². The van der Waals surface area contributed by atoms with E-state index in [-0.39, 0.29) is 5.28 Å². The second kappa shape index (κ2) is 4.25. The van der Waals surface area contributed by atoms with E-state index in [1.807, 2.05) is 0 Å². The lowest BCUT2D eigenvalue weighted by Gasteiger charge is -2.02. The van der Waals surface area contributed by atoms with Crippen LogP contribution in [0.2, 0.25) is 5.28 Å². The maximum atomic E-state index is 13.1. The van der Waals surface area contributed by atoms with Gasteiger partial charge < -0.3 is 0 Å². The SMILES string of the molecule is Fc1cncc(-c2nc(Cl)n3ncc(Br)c3n2)c1. The zero-order valence-corrected chi connectivity index (χ0v) is 11.0. The Balaban J connectivity index is 2.27. The normalized spacial score (nSPS) is 11.1. The van der Waals surface area contributed by atoms with Gasteiger partial charge in [0.05, 0.1) is 16.9 Å². The van der Waals surface area contributed by atoms with E-state index in [4.69, 9.17) is 11.6 Å². The van der Waals surface area contributed by atoms with Gasteiger partial charge >= 0.3 is 0 Å². The van der Waals surface area contributed by atoms with E-state index in [1.165, 1.54) is 16.8 Å². The number of pyridine rings is 1. The molecule has 0 saturated carbocycles. The molecule has 3 aromatic rings. The second-order valence-corrected chi connectivity index (χ2v) is 4.63. The van der Waals surface area contributed by atoms with E-state index in [1.54, 1.807) is 6.20 Å². The summed E-state index contributed by atoms with van der Waals surface area (Å²) in [6, 6.07) is 1.29. The second-order valence-electron chi connectivity index (χ2n) is 3.44. The molecule has 0 aliphatic rings. The molecule has 90 valence electrons. The minimum atomic E-state index is -0.459. The van der Waals surface area contributed by atoms with Crippen molar-refractivity contribution in [1.82, 2.24) is 24.6 Å². The quantitative estimate of drug-likeness (QED) is 0.689. The Morgan fingerprint density at radius 2 is 2.06 bits per heavy atom. The highest BCUT2D eigenvalue weighted by Gasteiger charge is 2.12. The van der Waals surface area contributed by atoms with E-state index in [0.717, 1.165) is 6.20 Å². The van der Waals surface area contributed by atoms with E-state index < -0.39 is 5.82 Å². The summed E-state index contributed by atoms with van der Waals surface area (Å²) in [7, 11) is 0. The fourth-order valence-electron chi connectivity index (χ4n) is 1.48. The molecule has 18 heavy (non-hydrogen) atoms. The fraction of sp³-hybridized carbons (Fsp3) is 0. The van der Waals surface area contributed by atoms with Gasteiger partial charge in [-0.25, -0.2) is 9.37 Å². The van der Waals surface area contributed by atoms with Gasteiger partial charge in [0.1, 0.15) is 5.82 Å². The van der Waals surface area contributed by atoms with Crippen molar-refractivity contribution in [1.29, 1.82) is 0 Å². The average Bonchev–Trinajstić information content (AvgIpc) is 2.72. The highest BCUT2D eigenvalue weighted by Crippen LogP contribution is 2.22. The van der Waals surface area contributed by atoms with Gasteiger partial charge in [0.2, 0.25) is 5.28 Å². The van der Waals surface area contributed by atoms with Crippen molar-refractivity contribution in [2.45, 2.75) is 0 Å². The van der Waals surface area contributed by atoms with Crippen LogP contribution in [-0.4, -0.2) is 24.6 Å². The lowest BCUT2D eigenvalue weighted by molar-refractivity contribution is 0.622. The highest BCUT2D eigenvalue weighted by atomic mass is 79.9. The molecule has 0 atom stereocenters. The van der Waals surface area contributed by atoms with Crippen molar-refractivity contribution < 1.29 is 4.39 Å². The molecule has 0 bridgehead atoms. The smallest absolute Gasteiger partial charge is 0.227 e. The molecule has 3 heterocycles. The van der Waals surface area contributed by atoms with Gasteiger partial charge in [0, 0.05) is 11.8 Å². The van der Waals surface area contributed by atoms with Gasteiger partial charge in [-0.05, 0) is 33.6 Å². The van der Waals surface area contributed by atoms with E-state index in [9.17, 15) is 4.39 Å². The van der Waals surface area contributed by atoms with Gasteiger partial charge in [-0.15, -0.1) is 0 Å². The molecular weight excluding hydrogens is 325 g/mol. The standard InChI is InChI=1S/C10H4BrClFN5/c11-7-4-15-18-9(7)16-8(17-10(18)12)5-1-6(13)3-14-2-5/h1-4H. The summed E-state index contributed by atoms with van der Waals surface area (Å²) < 4.78 is 15.2. The molecule has 0 saturated heterocycles. The molecule has 8 heteroatoms. The van der Waals surface area contributed by atoms with Crippen LogP contribution in [0, 0.1) is 5.82 Å². The van der Waals surface area contributed by atoms with Gasteiger partial charge in [-0.2, -0.15) is 14.6 Å². The Morgan fingerprint density at radius 1 is 1.22 bits per heavy atom. The van der Waals surface area contributed by atoms with Gasteiger partial charge in [-0.3, -0.25) is 4.98 Å². The molecule has 3 rings (SSSR count). The Bertz CT molecular complexity index is 744. The summed E-state index contributed by atoms with van der Waals surface area (Å²) in [5.41, 5.74) is 0.960. The lowest BCUT2D eigenvalue weighted by Crippen LogP contribution is -1.99. The molecule has 0 radical (unpaired) electrons. The minimum Gasteiger partial charge on any atom is -0.261 e. The molecule has 0 fully saturated rings. The Hall–Kier alpha value is -1.60. The van der Waals surface area contributed by atoms with Crippen LogP contribution in [0.15, 0.2) is 29.1 Å². The molecule has 0 unspecified atom stereocenters. The zero-order valence-electron chi connectivity index (χ0n) is 8.68. The Morgan fingerprint density at radius 3 is 2.83 bits per heavy atom. The van der Waals surface area contributed by atoms with Crippen molar-refractivity contribution in [3.8, 4) is 11.4 Å². The van der Waals surface area contributed by atoms with E-state index >= 15 is 0 Å². The van der Waals surface area contributed by atoms with Crippen molar-refractivity contribution in [3.63, 3.8) is 0 Å². The van der Waals surface area contributed by atoms with Crippen LogP contribution < -0.4 is 0 Å². The first-order valence-electron chi connectivity index (χ1n) is 4.83. The molecule has 0 N–H and O–H groups in total. The van der Waals surface area contributed by atoms with Gasteiger partial charge in [-0.1, -0.05) is 0 Å². The minimum absolute atomic E-state index is 0.143. The van der Waals surface area contributed by atoms with Crippen LogP contribution >= 0.6 is 27.5 Å². The number of halogens is 3. The molecule has 0 aliphatic heterocycles. The summed E-state index contributed by atoms with van der Waals surface area (Å²) in [6.45, 7) is 0. The van der Waals surface area contributed by atoms with E-state index in [2.05, 4.69) is 36.0 Å². The monoisotopic (exact) mass is 327 g/mol. The van der Waals surface area contributed by atoms with E-state index in [0.29, 0.717) is 21.5 Å². The Kier molecular flexibility index (Phi) is 2.71. The number of hydrogen-bond acceptors (Lipinski definition) is 4. The maximum absolute atomic E-state index is 13.1. The predicted octanol–water partition coefficient (Wildman–Crippen LogP) is 2.74. The van der Waals surface area contributed by atoms with Crippen LogP contribution in [0.4, 0.5) is 4.39 Å². The van der Waals surface area contributed by atoms with Crippen LogP contribution in [-0.2, 0) is 0 Å². The molecule has 3 aromatic heterocycles. The molecule has 5 nitrogen and oxygen atoms in total. The van der Waals surface area contributed by atoms with Crippen LogP contribution in [0.25, 0.3) is 17.0 Å². The zero-order chi connectivity index (χ0) is 12.7. The number of hydrogen-bond donors (Lipinski definition) is 0. The fourth-order valence-corrected chi connectivity index (χ4v) is 2.03. The van der Waals surface area contributed by atoms with Crippen molar-refractivity contribution >= 4 is 33.2 Å². The maximum Gasteiger partial charge on any atom is 0.227 e. The molecule has 0 amide bonds. The summed E-state index contributed by atoms with van der Waals surface area (Å²) in [5.74, 6) is -0.166. The molecule has 0 aliphatic carbocycles. The average molecular weight is 329 g/mol. The summed E-state index contributed by atoms with van der Waals surface area (Å²) in [4.78, 5) is 12.1. The van der Waals surface area contributed by atoms with Crippen LogP contribution in [0.5, 0.6) is 0 Å². The number of rotatable bonds is 1. The number of aromatic nitrogens is 5. The van der Waals surface area contributed by atoms with Crippen molar-refractivity contribution in [3.05, 3.63) is 40.2 Å². The first-order valence-corrected chi connectivity index (χ1v) is 6.00. The number of fused-ring (bicyclic) bond motifs is 1. The Labute approximate surface area is 114 Å².